The number of carboxylic acid groups (broad SMARTS) is 1. The van der Waals surface area contributed by atoms with Gasteiger partial charge in [-0.25, -0.2) is 4.79 Å². The first-order valence-electron chi connectivity index (χ1n) is 8.34. The Balaban J connectivity index is 1.77. The zero-order valence-electron chi connectivity index (χ0n) is 15.4. The number of nitrogens with zero attached hydrogens (tertiary/aromatic N) is 2. The zero-order chi connectivity index (χ0) is 21.1. The van der Waals surface area contributed by atoms with Gasteiger partial charge in [-0.3, -0.25) is 19.3 Å². The zero-order valence-corrected chi connectivity index (χ0v) is 17.0. The van der Waals surface area contributed by atoms with Crippen LogP contribution >= 0.6 is 23.1 Å². The first-order valence-corrected chi connectivity index (χ1v) is 10.3. The Morgan fingerprint density at radius 3 is 2.76 bits per heavy atom. The van der Waals surface area contributed by atoms with E-state index in [4.69, 9.17) is 9.57 Å². The molecule has 2 aliphatic heterocycles. The van der Waals surface area contributed by atoms with E-state index in [1.54, 1.807) is 17.5 Å². The lowest BCUT2D eigenvalue weighted by Crippen LogP contribution is -2.71. The minimum absolute atomic E-state index is 0.0270. The van der Waals surface area contributed by atoms with Gasteiger partial charge in [-0.15, -0.1) is 23.1 Å². The molecule has 0 unspecified atom stereocenters. The van der Waals surface area contributed by atoms with Crippen LogP contribution in [0.5, 0.6) is 0 Å². The van der Waals surface area contributed by atoms with Crippen LogP contribution in [-0.2, 0) is 28.8 Å². The smallest absolute Gasteiger partial charge is 0.352 e. The molecule has 0 aromatic carbocycles. The molecular weight excluding hydrogens is 422 g/mol. The molecule has 1 aromatic heterocycles. The number of amides is 2. The van der Waals surface area contributed by atoms with Crippen molar-refractivity contribution >= 4 is 52.6 Å². The average molecular weight is 439 g/mol. The molecule has 0 spiro atoms. The van der Waals surface area contributed by atoms with Crippen molar-refractivity contribution in [1.29, 1.82) is 0 Å². The van der Waals surface area contributed by atoms with Gasteiger partial charge < -0.3 is 20.0 Å². The Kier molecular flexibility index (Phi) is 6.23. The van der Waals surface area contributed by atoms with Gasteiger partial charge in [0.15, 0.2) is 5.71 Å². The summed E-state index contributed by atoms with van der Waals surface area (Å²) in [5.41, 5.74) is 0.140. The van der Waals surface area contributed by atoms with Crippen LogP contribution in [0.15, 0.2) is 33.9 Å². The number of carbonyl (C=O) groups excluding carboxylic acids is 3. The van der Waals surface area contributed by atoms with Gasteiger partial charge in [0.05, 0.1) is 4.88 Å². The second kappa shape index (κ2) is 8.66. The van der Waals surface area contributed by atoms with Crippen LogP contribution in [-0.4, -0.2) is 70.4 Å². The number of hydrogen-bond acceptors (Lipinski definition) is 9. The highest BCUT2D eigenvalue weighted by Crippen LogP contribution is 2.40. The van der Waals surface area contributed by atoms with Gasteiger partial charge in [-0.2, -0.15) is 0 Å². The summed E-state index contributed by atoms with van der Waals surface area (Å²) in [7, 11) is 1.31. The van der Waals surface area contributed by atoms with E-state index in [-0.39, 0.29) is 23.8 Å². The van der Waals surface area contributed by atoms with Crippen LogP contribution in [0.25, 0.3) is 0 Å². The lowest BCUT2D eigenvalue weighted by atomic mass is 10.0. The van der Waals surface area contributed by atoms with Crippen LogP contribution in [0.1, 0.15) is 11.8 Å². The molecule has 0 saturated carbocycles. The summed E-state index contributed by atoms with van der Waals surface area (Å²) in [5, 5.41) is 17.1. The molecule has 3 heterocycles. The summed E-state index contributed by atoms with van der Waals surface area (Å²) in [6, 6.07) is 2.54. The first kappa shape index (κ1) is 20.9. The molecule has 2 atom stereocenters. The number of rotatable bonds is 7. The third-order valence-electron chi connectivity index (χ3n) is 4.14. The third-order valence-corrected chi connectivity index (χ3v) is 6.35. The summed E-state index contributed by atoms with van der Waals surface area (Å²) >= 11 is 2.57. The average Bonchev–Trinajstić information content (AvgIpc) is 3.21. The van der Waals surface area contributed by atoms with E-state index in [0.717, 1.165) is 4.90 Å². The van der Waals surface area contributed by atoms with Crippen molar-refractivity contribution in [2.75, 3.05) is 19.5 Å². The predicted octanol–water partition coefficient (Wildman–Crippen LogP) is 0.400. The normalized spacial score (nSPS) is 21.2. The minimum Gasteiger partial charge on any atom is -0.477 e. The molecule has 1 saturated heterocycles. The van der Waals surface area contributed by atoms with Gasteiger partial charge in [-0.1, -0.05) is 11.2 Å². The highest BCUT2D eigenvalue weighted by molar-refractivity contribution is 8.00. The quantitative estimate of drug-likeness (QED) is 0.270. The monoisotopic (exact) mass is 439 g/mol. The molecule has 0 aliphatic carbocycles. The van der Waals surface area contributed by atoms with Crippen molar-refractivity contribution in [3.63, 3.8) is 0 Å². The number of carboxylic acids is 1. The highest BCUT2D eigenvalue weighted by Gasteiger charge is 2.54. The van der Waals surface area contributed by atoms with Gasteiger partial charge >= 0.3 is 11.9 Å². The van der Waals surface area contributed by atoms with Gasteiger partial charge in [-0.05, 0) is 11.4 Å². The summed E-state index contributed by atoms with van der Waals surface area (Å²) in [4.78, 5) is 54.4. The topological polar surface area (TPSA) is 135 Å². The molecule has 0 radical (unpaired) electrons. The highest BCUT2D eigenvalue weighted by atomic mass is 32.2. The Labute approximate surface area is 173 Å². The Bertz CT molecular complexity index is 910. The Morgan fingerprint density at radius 2 is 2.17 bits per heavy atom. The maximum Gasteiger partial charge on any atom is 0.352 e. The van der Waals surface area contributed by atoms with Gasteiger partial charge in [0, 0.05) is 18.2 Å². The molecule has 2 aliphatic rings. The van der Waals surface area contributed by atoms with E-state index in [9.17, 15) is 24.3 Å². The number of oxime groups is 1. The van der Waals surface area contributed by atoms with E-state index < -0.39 is 35.2 Å². The summed E-state index contributed by atoms with van der Waals surface area (Å²) in [5.74, 6) is -2.75. The summed E-state index contributed by atoms with van der Waals surface area (Å²) in [6.45, 7) is 1.01. The van der Waals surface area contributed by atoms with Crippen molar-refractivity contribution in [2.24, 2.45) is 5.16 Å². The standard InChI is InChI=1S/C17H17N3O7S2/c1-8(21)27-6-9-7-29-16-12(15(23)20(16)13(9)17(24)25)18-14(22)11(19-26-2)10-4-3-5-28-10/h3-5,12,16H,6-7H2,1-2H3,(H,18,22)(H,24,25)/b19-11+/t12-,16-/m1/s1. The number of nitrogens with one attached hydrogen (secondary N) is 1. The van der Waals surface area contributed by atoms with Crippen LogP contribution in [0, 0.1) is 0 Å². The van der Waals surface area contributed by atoms with Crippen LogP contribution in [0.4, 0.5) is 0 Å². The predicted molar refractivity (Wildman–Crippen MR) is 104 cm³/mol. The number of fused-ring (bicyclic) bond motifs is 1. The fourth-order valence-electron chi connectivity index (χ4n) is 2.90. The maximum atomic E-state index is 12.6. The SMILES string of the molecule is CO/N=C(/C(=O)N[C@@H]1C(=O)N2C(C(=O)O)=C(COC(C)=O)CS[C@H]12)c1cccs1. The number of ether oxygens (including phenoxy) is 1. The molecule has 2 N–H and O–H groups in total. The van der Waals surface area contributed by atoms with Crippen LogP contribution in [0.3, 0.4) is 0 Å². The number of aliphatic carboxylic acids is 1. The summed E-state index contributed by atoms with van der Waals surface area (Å²) in [6.07, 6.45) is 0. The molecule has 12 heteroatoms. The van der Waals surface area contributed by atoms with E-state index >= 15 is 0 Å². The van der Waals surface area contributed by atoms with E-state index in [1.165, 1.54) is 37.1 Å². The van der Waals surface area contributed by atoms with Crippen molar-refractivity contribution in [3.8, 4) is 0 Å². The lowest BCUT2D eigenvalue weighted by Gasteiger charge is -2.49. The molecule has 29 heavy (non-hydrogen) atoms. The van der Waals surface area contributed by atoms with E-state index in [1.807, 2.05) is 0 Å². The number of thioether (sulfide) groups is 1. The fraction of sp³-hybridized carbons (Fsp3) is 0.353. The number of esters is 1. The molecule has 0 bridgehead atoms. The van der Waals surface area contributed by atoms with E-state index in [2.05, 4.69) is 10.5 Å². The number of carbonyl (C=O) groups is 4. The Morgan fingerprint density at radius 1 is 1.41 bits per heavy atom. The first-order chi connectivity index (χ1) is 13.8. The van der Waals surface area contributed by atoms with Gasteiger partial charge in [0.1, 0.15) is 30.8 Å². The maximum absolute atomic E-state index is 12.6. The largest absolute Gasteiger partial charge is 0.477 e. The van der Waals surface area contributed by atoms with Gasteiger partial charge in [0.25, 0.3) is 11.8 Å². The van der Waals surface area contributed by atoms with Crippen molar-refractivity contribution in [1.82, 2.24) is 10.2 Å². The molecule has 2 amide bonds. The van der Waals surface area contributed by atoms with Crippen molar-refractivity contribution < 1.29 is 33.9 Å². The molecule has 1 aromatic rings. The Hall–Kier alpha value is -2.86. The van der Waals surface area contributed by atoms with Crippen molar-refractivity contribution in [2.45, 2.75) is 18.3 Å². The molecule has 3 rings (SSSR count). The molecule has 154 valence electrons. The van der Waals surface area contributed by atoms with E-state index in [0.29, 0.717) is 10.5 Å². The van der Waals surface area contributed by atoms with Gasteiger partial charge in [0.2, 0.25) is 0 Å². The molecule has 10 nitrogen and oxygen atoms in total. The molecular formula is C17H17N3O7S2. The third kappa shape index (κ3) is 4.12. The van der Waals surface area contributed by atoms with Crippen LogP contribution < -0.4 is 5.32 Å². The number of β-lactam (4-membered cyclic amide) rings is 1. The summed E-state index contributed by atoms with van der Waals surface area (Å²) < 4.78 is 4.89. The number of thiophene rings is 1. The molecule has 1 fully saturated rings. The minimum atomic E-state index is -1.30. The fourth-order valence-corrected chi connectivity index (χ4v) is 4.93. The lowest BCUT2D eigenvalue weighted by molar-refractivity contribution is -0.150. The second-order valence-corrected chi connectivity index (χ2v) is 8.05. The number of hydrogen-bond donors (Lipinski definition) is 2. The van der Waals surface area contributed by atoms with Crippen LogP contribution in [0.2, 0.25) is 0 Å². The van der Waals surface area contributed by atoms with Crippen molar-refractivity contribution in [3.05, 3.63) is 33.7 Å². The second-order valence-electron chi connectivity index (χ2n) is 6.00.